The fraction of sp³-hybridized carbons (Fsp3) is 0.238. The minimum atomic E-state index is 0.370. The lowest BCUT2D eigenvalue weighted by Gasteiger charge is -2.57. The molecule has 46 heavy (non-hydrogen) atoms. The third-order valence-corrected chi connectivity index (χ3v) is 11.0. The van der Waals surface area contributed by atoms with Crippen molar-refractivity contribution in [3.8, 4) is 51.4 Å². The Bertz CT molecular complexity index is 2090. The highest BCUT2D eigenvalue weighted by atomic mass is 15.0. The van der Waals surface area contributed by atoms with E-state index in [1.807, 2.05) is 48.5 Å². The van der Waals surface area contributed by atoms with Gasteiger partial charge in [-0.05, 0) is 89.8 Å². The first-order chi connectivity index (χ1) is 22.6. The Kier molecular flexibility index (Phi) is 6.35. The van der Waals surface area contributed by atoms with Gasteiger partial charge in [0, 0.05) is 22.1 Å². The molecule has 10 rings (SSSR count). The van der Waals surface area contributed by atoms with Crippen molar-refractivity contribution in [1.29, 1.82) is 5.26 Å². The summed E-state index contributed by atoms with van der Waals surface area (Å²) >= 11 is 0. The van der Waals surface area contributed by atoms with Crippen molar-refractivity contribution in [3.63, 3.8) is 0 Å². The number of hydrogen-bond acceptors (Lipinski definition) is 4. The molecule has 0 radical (unpaired) electrons. The molecule has 0 spiro atoms. The average Bonchev–Trinajstić information content (AvgIpc) is 3.11. The standard InChI is InChI=1S/C42H34N4/c43-26-34-16-19-37(38-9-5-4-8-36(34)38)30-10-12-32(13-11-30)40-44-39(31-6-2-1-3-7-31)45-41(46-40)33-14-17-35(18-15-33)42-23-27-20-28(24-42)22-29(21-27)25-42/h1-19,27-29H,20-25H2/t27-,28-,29-,42?. The molecule has 6 aromatic rings. The van der Waals surface area contributed by atoms with Crippen LogP contribution in [-0.4, -0.2) is 15.0 Å². The maximum Gasteiger partial charge on any atom is 0.164 e. The lowest BCUT2D eigenvalue weighted by atomic mass is 9.48. The van der Waals surface area contributed by atoms with Gasteiger partial charge >= 0.3 is 0 Å². The van der Waals surface area contributed by atoms with Crippen LogP contribution in [0.3, 0.4) is 0 Å². The van der Waals surface area contributed by atoms with Gasteiger partial charge in [-0.15, -0.1) is 0 Å². The van der Waals surface area contributed by atoms with Crippen molar-refractivity contribution in [2.24, 2.45) is 17.8 Å². The van der Waals surface area contributed by atoms with Crippen LogP contribution in [0.15, 0.2) is 115 Å². The van der Waals surface area contributed by atoms with Gasteiger partial charge < -0.3 is 0 Å². The van der Waals surface area contributed by atoms with Crippen molar-refractivity contribution in [2.45, 2.75) is 43.9 Å². The average molecular weight is 595 g/mol. The second-order valence-corrected chi connectivity index (χ2v) is 13.8. The van der Waals surface area contributed by atoms with Gasteiger partial charge in [0.15, 0.2) is 17.5 Å². The summed E-state index contributed by atoms with van der Waals surface area (Å²) in [6, 6.07) is 42.2. The van der Waals surface area contributed by atoms with E-state index in [9.17, 15) is 5.26 Å². The first kappa shape index (κ1) is 27.2. The maximum atomic E-state index is 9.62. The number of aromatic nitrogens is 3. The van der Waals surface area contributed by atoms with Gasteiger partial charge in [0.1, 0.15) is 0 Å². The largest absolute Gasteiger partial charge is 0.208 e. The molecule has 0 amide bonds. The highest BCUT2D eigenvalue weighted by molar-refractivity contribution is 5.99. The van der Waals surface area contributed by atoms with Crippen LogP contribution in [-0.2, 0) is 5.41 Å². The summed E-state index contributed by atoms with van der Waals surface area (Å²) in [5, 5.41) is 11.7. The lowest BCUT2D eigenvalue weighted by Crippen LogP contribution is -2.48. The second kappa shape index (κ2) is 10.7. The summed E-state index contributed by atoms with van der Waals surface area (Å²) in [6.07, 6.45) is 8.46. The highest BCUT2D eigenvalue weighted by Gasteiger charge is 2.51. The quantitative estimate of drug-likeness (QED) is 0.199. The summed E-state index contributed by atoms with van der Waals surface area (Å²) in [4.78, 5) is 15.0. The third kappa shape index (κ3) is 4.62. The zero-order valence-electron chi connectivity index (χ0n) is 25.7. The Balaban J connectivity index is 1.09. The van der Waals surface area contributed by atoms with Crippen molar-refractivity contribution < 1.29 is 0 Å². The number of hydrogen-bond donors (Lipinski definition) is 0. The van der Waals surface area contributed by atoms with Crippen molar-refractivity contribution >= 4 is 10.8 Å². The van der Waals surface area contributed by atoms with Crippen LogP contribution >= 0.6 is 0 Å². The predicted octanol–water partition coefficient (Wildman–Crippen LogP) is 10.0. The van der Waals surface area contributed by atoms with Gasteiger partial charge in [0.2, 0.25) is 0 Å². The fourth-order valence-electron chi connectivity index (χ4n) is 9.23. The summed E-state index contributed by atoms with van der Waals surface area (Å²) in [6.45, 7) is 0. The number of nitriles is 1. The highest BCUT2D eigenvalue weighted by Crippen LogP contribution is 2.60. The van der Waals surface area contributed by atoms with E-state index in [4.69, 9.17) is 15.0 Å². The molecule has 5 aromatic carbocycles. The normalized spacial score (nSPS) is 23.0. The minimum Gasteiger partial charge on any atom is -0.208 e. The molecular formula is C42H34N4. The van der Waals surface area contributed by atoms with Gasteiger partial charge in [-0.3, -0.25) is 0 Å². The Morgan fingerprint density at radius 3 is 1.54 bits per heavy atom. The molecular weight excluding hydrogens is 560 g/mol. The molecule has 4 fully saturated rings. The molecule has 222 valence electrons. The molecule has 4 nitrogen and oxygen atoms in total. The first-order valence-electron chi connectivity index (χ1n) is 16.6. The van der Waals surface area contributed by atoms with Crippen molar-refractivity contribution in [2.75, 3.05) is 0 Å². The topological polar surface area (TPSA) is 62.5 Å². The van der Waals surface area contributed by atoms with E-state index in [0.717, 1.165) is 56.3 Å². The van der Waals surface area contributed by atoms with Crippen LogP contribution in [0.2, 0.25) is 0 Å². The van der Waals surface area contributed by atoms with Gasteiger partial charge in [0.05, 0.1) is 11.6 Å². The molecule has 0 saturated heterocycles. The number of fused-ring (bicyclic) bond motifs is 1. The Hall–Kier alpha value is -5.14. The Morgan fingerprint density at radius 1 is 0.500 bits per heavy atom. The Morgan fingerprint density at radius 2 is 0.978 bits per heavy atom. The van der Waals surface area contributed by atoms with E-state index >= 15 is 0 Å². The molecule has 4 bridgehead atoms. The predicted molar refractivity (Wildman–Crippen MR) is 184 cm³/mol. The van der Waals surface area contributed by atoms with Crippen LogP contribution in [0.1, 0.15) is 49.7 Å². The van der Waals surface area contributed by atoms with Gasteiger partial charge in [-0.1, -0.05) is 109 Å². The van der Waals surface area contributed by atoms with E-state index in [1.165, 1.54) is 44.1 Å². The third-order valence-electron chi connectivity index (χ3n) is 11.0. The SMILES string of the molecule is N#Cc1ccc(-c2ccc(-c3nc(-c4ccccc4)nc(-c4ccc(C56C[C@H]7C[C@H](C5)C[C@@H](C6)C7)cc4)n3)cc2)c2ccccc12. The molecule has 4 heteroatoms. The zero-order chi connectivity index (χ0) is 30.7. The molecule has 4 saturated carbocycles. The molecule has 0 N–H and O–H groups in total. The van der Waals surface area contributed by atoms with Gasteiger partial charge in [0.25, 0.3) is 0 Å². The fourth-order valence-corrected chi connectivity index (χ4v) is 9.23. The molecule has 0 aliphatic heterocycles. The molecule has 4 aliphatic rings. The van der Waals surface area contributed by atoms with E-state index < -0.39 is 0 Å². The van der Waals surface area contributed by atoms with E-state index in [0.29, 0.717) is 28.5 Å². The van der Waals surface area contributed by atoms with Crippen LogP contribution in [0.4, 0.5) is 0 Å². The summed E-state index contributed by atoms with van der Waals surface area (Å²) in [5.41, 5.74) is 7.69. The number of benzene rings is 5. The van der Waals surface area contributed by atoms with Crippen LogP contribution < -0.4 is 0 Å². The summed E-state index contributed by atoms with van der Waals surface area (Å²) < 4.78 is 0. The van der Waals surface area contributed by atoms with Crippen LogP contribution in [0.25, 0.3) is 56.1 Å². The van der Waals surface area contributed by atoms with Crippen molar-refractivity contribution in [3.05, 3.63) is 126 Å². The van der Waals surface area contributed by atoms with Crippen LogP contribution in [0, 0.1) is 29.1 Å². The molecule has 0 atom stereocenters. The molecule has 0 unspecified atom stereocenters. The molecule has 4 aliphatic carbocycles. The number of rotatable bonds is 5. The van der Waals surface area contributed by atoms with Gasteiger partial charge in [-0.2, -0.15) is 5.26 Å². The molecule has 1 heterocycles. The van der Waals surface area contributed by atoms with E-state index in [2.05, 4.69) is 72.8 Å². The summed E-state index contributed by atoms with van der Waals surface area (Å²) in [7, 11) is 0. The van der Waals surface area contributed by atoms with Crippen LogP contribution in [0.5, 0.6) is 0 Å². The van der Waals surface area contributed by atoms with E-state index in [-0.39, 0.29) is 0 Å². The number of nitrogens with zero attached hydrogens (tertiary/aromatic N) is 4. The van der Waals surface area contributed by atoms with E-state index in [1.54, 1.807) is 0 Å². The second-order valence-electron chi connectivity index (χ2n) is 13.8. The molecule has 1 aromatic heterocycles. The summed E-state index contributed by atoms with van der Waals surface area (Å²) in [5.74, 6) is 4.80. The monoisotopic (exact) mass is 594 g/mol. The Labute approximate surface area is 269 Å². The smallest absolute Gasteiger partial charge is 0.164 e. The maximum absolute atomic E-state index is 9.62. The minimum absolute atomic E-state index is 0.370. The first-order valence-corrected chi connectivity index (χ1v) is 16.6. The van der Waals surface area contributed by atoms with Gasteiger partial charge in [-0.25, -0.2) is 15.0 Å². The zero-order valence-corrected chi connectivity index (χ0v) is 25.7. The van der Waals surface area contributed by atoms with Crippen molar-refractivity contribution in [1.82, 2.24) is 15.0 Å². The lowest BCUT2D eigenvalue weighted by molar-refractivity contribution is -0.00518.